The van der Waals surface area contributed by atoms with E-state index in [0.717, 1.165) is 19.3 Å². The number of nitriles is 1. The van der Waals surface area contributed by atoms with Gasteiger partial charge in [0.25, 0.3) is 0 Å². The Morgan fingerprint density at radius 2 is 2.55 bits per heavy atom. The highest BCUT2D eigenvalue weighted by molar-refractivity contribution is 7.05. The molecule has 1 aliphatic rings. The van der Waals surface area contributed by atoms with Gasteiger partial charge in [-0.15, -0.1) is 0 Å². The van der Waals surface area contributed by atoms with Crippen molar-refractivity contribution in [1.29, 1.82) is 5.26 Å². The van der Waals surface area contributed by atoms with Gasteiger partial charge in [0.2, 0.25) is 0 Å². The highest BCUT2D eigenvalue weighted by atomic mass is 32.1. The van der Waals surface area contributed by atoms with Crippen LogP contribution >= 0.6 is 11.5 Å². The second-order valence-corrected chi connectivity index (χ2v) is 3.97. The largest absolute Gasteiger partial charge is 0.201 e. The summed E-state index contributed by atoms with van der Waals surface area (Å²) in [6.07, 6.45) is 4.85. The third-order valence-electron chi connectivity index (χ3n) is 2.09. The molecule has 0 unspecified atom stereocenters. The number of rotatable bonds is 2. The van der Waals surface area contributed by atoms with Crippen molar-refractivity contribution in [2.75, 3.05) is 0 Å². The average Bonchev–Trinajstić information content (AvgIpc) is 2.59. The predicted octanol–water partition coefficient (Wildman–Crippen LogP) is 1.99. The summed E-state index contributed by atoms with van der Waals surface area (Å²) in [6, 6.07) is 4.37. The zero-order valence-corrected chi connectivity index (χ0v) is 6.90. The van der Waals surface area contributed by atoms with Gasteiger partial charge in [-0.25, -0.2) is 4.37 Å². The van der Waals surface area contributed by atoms with Crippen molar-refractivity contribution in [3.63, 3.8) is 0 Å². The minimum Gasteiger partial charge on any atom is -0.201 e. The molecule has 0 amide bonds. The summed E-state index contributed by atoms with van der Waals surface area (Å²) in [5.41, 5.74) is -0.00741. The van der Waals surface area contributed by atoms with Crippen molar-refractivity contribution >= 4 is 11.5 Å². The maximum atomic E-state index is 8.79. The van der Waals surface area contributed by atoms with E-state index < -0.39 is 0 Å². The number of aromatic nitrogens is 1. The first kappa shape index (κ1) is 6.81. The van der Waals surface area contributed by atoms with Crippen LogP contribution in [0.25, 0.3) is 0 Å². The molecule has 0 aromatic carbocycles. The molecule has 3 heteroatoms. The highest BCUT2D eigenvalue weighted by Gasteiger charge is 2.43. The molecule has 0 radical (unpaired) electrons. The molecule has 0 bridgehead atoms. The van der Waals surface area contributed by atoms with Gasteiger partial charge in [-0.3, -0.25) is 0 Å². The second-order valence-electron chi connectivity index (χ2n) is 3.05. The summed E-state index contributed by atoms with van der Waals surface area (Å²) in [5.74, 6) is 0. The quantitative estimate of drug-likeness (QED) is 0.670. The molecule has 1 heterocycles. The molecule has 1 aliphatic carbocycles. The predicted molar refractivity (Wildman–Crippen MR) is 43.1 cm³/mol. The Labute approximate surface area is 69.6 Å². The van der Waals surface area contributed by atoms with Crippen LogP contribution < -0.4 is 0 Å². The maximum absolute atomic E-state index is 8.79. The summed E-state index contributed by atoms with van der Waals surface area (Å²) < 4.78 is 4.00. The Morgan fingerprint density at radius 1 is 1.73 bits per heavy atom. The zero-order valence-electron chi connectivity index (χ0n) is 6.08. The number of hydrogen-bond acceptors (Lipinski definition) is 3. The van der Waals surface area contributed by atoms with Crippen LogP contribution in [0.5, 0.6) is 0 Å². The number of nitrogens with zero attached hydrogens (tertiary/aromatic N) is 2. The molecule has 1 aromatic rings. The third-order valence-corrected chi connectivity index (χ3v) is 2.84. The molecule has 0 spiro atoms. The van der Waals surface area contributed by atoms with Crippen LogP contribution in [0.2, 0.25) is 0 Å². The Balaban J connectivity index is 2.08. The molecule has 2 rings (SSSR count). The summed E-state index contributed by atoms with van der Waals surface area (Å²) in [6.45, 7) is 0. The Hall–Kier alpha value is -0.880. The van der Waals surface area contributed by atoms with Gasteiger partial charge in [0.15, 0.2) is 0 Å². The first-order chi connectivity index (χ1) is 5.35. The molecule has 0 aliphatic heterocycles. The number of hydrogen-bond donors (Lipinski definition) is 0. The summed E-state index contributed by atoms with van der Waals surface area (Å²) in [5, 5.41) is 8.79. The summed E-state index contributed by atoms with van der Waals surface area (Å²) in [4.78, 5) is 1.24. The van der Waals surface area contributed by atoms with Gasteiger partial charge in [0.1, 0.15) is 0 Å². The van der Waals surface area contributed by atoms with Crippen LogP contribution in [0.15, 0.2) is 12.3 Å². The summed E-state index contributed by atoms with van der Waals surface area (Å²) >= 11 is 1.50. The van der Waals surface area contributed by atoms with Gasteiger partial charge in [-0.05, 0) is 30.4 Å². The molecule has 1 saturated carbocycles. The van der Waals surface area contributed by atoms with Crippen LogP contribution in [-0.4, -0.2) is 4.37 Å². The van der Waals surface area contributed by atoms with Crippen molar-refractivity contribution < 1.29 is 0 Å². The molecule has 0 atom stereocenters. The van der Waals surface area contributed by atoms with Crippen molar-refractivity contribution in [2.24, 2.45) is 5.41 Å². The van der Waals surface area contributed by atoms with Crippen molar-refractivity contribution in [2.45, 2.75) is 19.3 Å². The van der Waals surface area contributed by atoms with E-state index in [2.05, 4.69) is 10.4 Å². The normalized spacial score (nSPS) is 19.2. The lowest BCUT2D eigenvalue weighted by Gasteiger charge is -1.99. The molecule has 1 aromatic heterocycles. The SMILES string of the molecule is N#CC1(Cc2ccns2)CC1. The van der Waals surface area contributed by atoms with Crippen molar-refractivity contribution in [3.8, 4) is 6.07 Å². The topological polar surface area (TPSA) is 36.7 Å². The Bertz CT molecular complexity index is 280. The fourth-order valence-electron chi connectivity index (χ4n) is 1.15. The van der Waals surface area contributed by atoms with E-state index in [4.69, 9.17) is 5.26 Å². The third kappa shape index (κ3) is 1.26. The van der Waals surface area contributed by atoms with E-state index in [1.807, 2.05) is 6.07 Å². The minimum absolute atomic E-state index is 0.00741. The van der Waals surface area contributed by atoms with Crippen LogP contribution in [-0.2, 0) is 6.42 Å². The van der Waals surface area contributed by atoms with Crippen LogP contribution in [0, 0.1) is 16.7 Å². The highest BCUT2D eigenvalue weighted by Crippen LogP contribution is 2.47. The van der Waals surface area contributed by atoms with Gasteiger partial charge >= 0.3 is 0 Å². The zero-order chi connectivity index (χ0) is 7.73. The van der Waals surface area contributed by atoms with Gasteiger partial charge in [0, 0.05) is 17.5 Å². The molecule has 56 valence electrons. The van der Waals surface area contributed by atoms with Crippen molar-refractivity contribution in [1.82, 2.24) is 4.37 Å². The van der Waals surface area contributed by atoms with Gasteiger partial charge < -0.3 is 0 Å². The Morgan fingerprint density at radius 3 is 3.00 bits per heavy atom. The van der Waals surface area contributed by atoms with E-state index in [0.29, 0.717) is 0 Å². The fraction of sp³-hybridized carbons (Fsp3) is 0.500. The molecule has 2 nitrogen and oxygen atoms in total. The lowest BCUT2D eigenvalue weighted by atomic mass is 10.0. The van der Waals surface area contributed by atoms with Crippen LogP contribution in [0.3, 0.4) is 0 Å². The summed E-state index contributed by atoms with van der Waals surface area (Å²) in [7, 11) is 0. The molecule has 11 heavy (non-hydrogen) atoms. The van der Waals surface area contributed by atoms with E-state index in [1.54, 1.807) is 6.20 Å². The first-order valence-corrected chi connectivity index (χ1v) is 4.43. The lowest BCUT2D eigenvalue weighted by Crippen LogP contribution is -1.98. The second kappa shape index (κ2) is 2.31. The minimum atomic E-state index is -0.00741. The van der Waals surface area contributed by atoms with Gasteiger partial charge in [-0.2, -0.15) is 5.26 Å². The molecule has 0 N–H and O–H groups in total. The standard InChI is InChI=1S/C8H8N2S/c9-6-8(2-3-8)5-7-1-4-10-11-7/h1,4H,2-3,5H2. The molecule has 0 saturated heterocycles. The van der Waals surface area contributed by atoms with E-state index in [1.165, 1.54) is 16.4 Å². The van der Waals surface area contributed by atoms with Crippen LogP contribution in [0.1, 0.15) is 17.7 Å². The monoisotopic (exact) mass is 164 g/mol. The lowest BCUT2D eigenvalue weighted by molar-refractivity contribution is 0.673. The first-order valence-electron chi connectivity index (χ1n) is 3.65. The average molecular weight is 164 g/mol. The fourth-order valence-corrected chi connectivity index (χ4v) is 1.87. The Kier molecular flexibility index (Phi) is 1.43. The van der Waals surface area contributed by atoms with E-state index in [9.17, 15) is 0 Å². The van der Waals surface area contributed by atoms with Crippen LogP contribution in [0.4, 0.5) is 0 Å². The molecule has 1 fully saturated rings. The van der Waals surface area contributed by atoms with Crippen molar-refractivity contribution in [3.05, 3.63) is 17.1 Å². The van der Waals surface area contributed by atoms with E-state index >= 15 is 0 Å². The van der Waals surface area contributed by atoms with Gasteiger partial charge in [0.05, 0.1) is 11.5 Å². The molecular weight excluding hydrogens is 156 g/mol. The molecular formula is C8H8N2S. The maximum Gasteiger partial charge on any atom is 0.0693 e. The smallest absolute Gasteiger partial charge is 0.0693 e. The van der Waals surface area contributed by atoms with E-state index in [-0.39, 0.29) is 5.41 Å². The van der Waals surface area contributed by atoms with Gasteiger partial charge in [-0.1, -0.05) is 0 Å².